The number of hydrogen-bond donors (Lipinski definition) is 0. The molecule has 0 spiro atoms. The molecule has 0 N–H and O–H groups in total. The van der Waals surface area contributed by atoms with E-state index in [4.69, 9.17) is 0 Å². The minimum absolute atomic E-state index is 0.114. The third kappa shape index (κ3) is 1.71. The fraction of sp³-hybridized carbons (Fsp3) is 0.643. The molecule has 1 saturated carbocycles. The zero-order valence-electron chi connectivity index (χ0n) is 11.2. The van der Waals surface area contributed by atoms with Crippen LogP contribution in [0.3, 0.4) is 0 Å². The van der Waals surface area contributed by atoms with Crippen molar-refractivity contribution in [2.75, 3.05) is 20.6 Å². The van der Waals surface area contributed by atoms with Gasteiger partial charge in [-0.25, -0.2) is 0 Å². The van der Waals surface area contributed by atoms with Crippen LogP contribution in [0.2, 0.25) is 0 Å². The molecule has 0 unspecified atom stereocenters. The minimum atomic E-state index is -0.216. The molecule has 1 saturated heterocycles. The normalized spacial score (nSPS) is 35.8. The number of nitrogens with zero attached hydrogens (tertiary/aromatic N) is 2. The number of likely N-dealkylation sites (N-methyl/N-ethyl adjacent to an activating group) is 1. The van der Waals surface area contributed by atoms with Crippen LogP contribution in [0.15, 0.2) is 12.2 Å². The van der Waals surface area contributed by atoms with Crippen molar-refractivity contribution in [1.82, 2.24) is 9.80 Å². The second-order valence-corrected chi connectivity index (χ2v) is 5.89. The second-order valence-electron chi connectivity index (χ2n) is 5.89. The van der Waals surface area contributed by atoms with Gasteiger partial charge in [0.1, 0.15) is 6.54 Å². The lowest BCUT2D eigenvalue weighted by Gasteiger charge is -2.38. The summed E-state index contributed by atoms with van der Waals surface area (Å²) in [5.74, 6) is -0.566. The number of hydrogen-bond acceptors (Lipinski definition) is 3. The Morgan fingerprint density at radius 3 is 2.00 bits per heavy atom. The molecule has 4 aliphatic rings. The summed E-state index contributed by atoms with van der Waals surface area (Å²) >= 11 is 0. The highest BCUT2D eigenvalue weighted by molar-refractivity contribution is 6.08. The van der Waals surface area contributed by atoms with Gasteiger partial charge in [-0.2, -0.15) is 0 Å². The number of amides is 3. The predicted molar refractivity (Wildman–Crippen MR) is 67.7 cm³/mol. The van der Waals surface area contributed by atoms with Gasteiger partial charge in [0.15, 0.2) is 0 Å². The Bertz CT molecular complexity index is 451. The molecule has 0 aromatic heterocycles. The lowest BCUT2D eigenvalue weighted by molar-refractivity contribution is -0.145. The first kappa shape index (κ1) is 12.4. The number of imide groups is 1. The van der Waals surface area contributed by atoms with Crippen molar-refractivity contribution in [3.63, 3.8) is 0 Å². The highest BCUT2D eigenvalue weighted by Crippen LogP contribution is 2.49. The highest BCUT2D eigenvalue weighted by Gasteiger charge is 2.56. The molecule has 102 valence electrons. The molecule has 1 heterocycles. The zero-order valence-corrected chi connectivity index (χ0v) is 11.2. The van der Waals surface area contributed by atoms with Crippen molar-refractivity contribution in [2.45, 2.75) is 12.8 Å². The second kappa shape index (κ2) is 4.18. The number of likely N-dealkylation sites (tertiary alicyclic amines) is 1. The molecule has 4 atom stereocenters. The Morgan fingerprint density at radius 1 is 1.16 bits per heavy atom. The molecule has 3 amide bonds. The quantitative estimate of drug-likeness (QED) is 0.530. The average molecular weight is 262 g/mol. The lowest BCUT2D eigenvalue weighted by Crippen LogP contribution is -2.40. The smallest absolute Gasteiger partial charge is 0.242 e. The van der Waals surface area contributed by atoms with Gasteiger partial charge in [0.25, 0.3) is 0 Å². The van der Waals surface area contributed by atoms with Crippen LogP contribution in [0.25, 0.3) is 0 Å². The third-order valence-electron chi connectivity index (χ3n) is 4.64. The van der Waals surface area contributed by atoms with Gasteiger partial charge in [-0.3, -0.25) is 19.3 Å². The van der Waals surface area contributed by atoms with Crippen molar-refractivity contribution in [2.24, 2.45) is 23.7 Å². The maximum absolute atomic E-state index is 12.4. The van der Waals surface area contributed by atoms with E-state index in [0.717, 1.165) is 12.8 Å². The Morgan fingerprint density at radius 2 is 1.63 bits per heavy atom. The summed E-state index contributed by atoms with van der Waals surface area (Å²) in [4.78, 5) is 39.1. The van der Waals surface area contributed by atoms with Crippen LogP contribution < -0.4 is 0 Å². The predicted octanol–water partition coefficient (Wildman–Crippen LogP) is 0.272. The first-order chi connectivity index (χ1) is 9.00. The van der Waals surface area contributed by atoms with Crippen molar-refractivity contribution in [3.05, 3.63) is 12.2 Å². The largest absolute Gasteiger partial charge is 0.347 e. The van der Waals surface area contributed by atoms with E-state index < -0.39 is 0 Å². The number of carbonyl (C=O) groups is 3. The van der Waals surface area contributed by atoms with Crippen molar-refractivity contribution in [1.29, 1.82) is 0 Å². The first-order valence-electron chi connectivity index (χ1n) is 6.74. The molecule has 19 heavy (non-hydrogen) atoms. The fourth-order valence-corrected chi connectivity index (χ4v) is 3.57. The standard InChI is InChI=1S/C14H18N2O3/c1-15(2)10(17)7-16-13(18)11-8-3-4-9(6-5-8)12(11)14(16)19/h3-4,8-9,11-12H,5-7H2,1-2H3/t8-,9-,11-,12-/m0/s1. The Hall–Kier alpha value is -1.65. The molecule has 0 radical (unpaired) electrons. The van der Waals surface area contributed by atoms with E-state index in [1.165, 1.54) is 9.80 Å². The Labute approximate surface area is 112 Å². The first-order valence-corrected chi connectivity index (χ1v) is 6.74. The van der Waals surface area contributed by atoms with E-state index in [0.29, 0.717) is 0 Å². The topological polar surface area (TPSA) is 57.7 Å². The molecule has 3 aliphatic carbocycles. The van der Waals surface area contributed by atoms with E-state index in [-0.39, 0.29) is 47.9 Å². The lowest BCUT2D eigenvalue weighted by atomic mass is 9.63. The molecule has 5 heteroatoms. The summed E-state index contributed by atoms with van der Waals surface area (Å²) in [6, 6.07) is 0. The summed E-state index contributed by atoms with van der Waals surface area (Å²) in [5, 5.41) is 0. The van der Waals surface area contributed by atoms with Gasteiger partial charge in [-0.1, -0.05) is 12.2 Å². The van der Waals surface area contributed by atoms with Gasteiger partial charge in [-0.05, 0) is 24.7 Å². The van der Waals surface area contributed by atoms with Crippen LogP contribution in [0.1, 0.15) is 12.8 Å². The van der Waals surface area contributed by atoms with E-state index in [1.54, 1.807) is 14.1 Å². The molecule has 5 nitrogen and oxygen atoms in total. The molecule has 0 aromatic rings. The van der Waals surface area contributed by atoms with E-state index in [9.17, 15) is 14.4 Å². The monoisotopic (exact) mass is 262 g/mol. The molecule has 2 bridgehead atoms. The molecule has 4 rings (SSSR count). The number of allylic oxidation sites excluding steroid dienone is 2. The van der Waals surface area contributed by atoms with Gasteiger partial charge in [0.05, 0.1) is 11.8 Å². The highest BCUT2D eigenvalue weighted by atomic mass is 16.2. The molecule has 0 aromatic carbocycles. The van der Waals surface area contributed by atoms with E-state index in [2.05, 4.69) is 12.2 Å². The molecule has 2 fully saturated rings. The SMILES string of the molecule is CN(C)C(=O)CN1C(=O)[C@@H]2[C@@H](C1=O)[C@H]1C=C[C@H]2CC1. The minimum Gasteiger partial charge on any atom is -0.347 e. The van der Waals surface area contributed by atoms with Crippen LogP contribution >= 0.6 is 0 Å². The van der Waals surface area contributed by atoms with Gasteiger partial charge in [-0.15, -0.1) is 0 Å². The van der Waals surface area contributed by atoms with Crippen molar-refractivity contribution in [3.8, 4) is 0 Å². The molecule has 1 aliphatic heterocycles. The fourth-order valence-electron chi connectivity index (χ4n) is 3.57. The average Bonchev–Trinajstić information content (AvgIpc) is 2.67. The Balaban J connectivity index is 1.85. The van der Waals surface area contributed by atoms with Crippen LogP contribution in [0.5, 0.6) is 0 Å². The zero-order chi connectivity index (χ0) is 13.7. The van der Waals surface area contributed by atoms with Crippen molar-refractivity contribution < 1.29 is 14.4 Å². The number of carbonyl (C=O) groups excluding carboxylic acids is 3. The van der Waals surface area contributed by atoms with Gasteiger partial charge >= 0.3 is 0 Å². The van der Waals surface area contributed by atoms with Gasteiger partial charge in [0.2, 0.25) is 17.7 Å². The van der Waals surface area contributed by atoms with E-state index in [1.807, 2.05) is 0 Å². The third-order valence-corrected chi connectivity index (χ3v) is 4.64. The van der Waals surface area contributed by atoms with Crippen molar-refractivity contribution >= 4 is 17.7 Å². The number of fused-ring (bicyclic) bond motifs is 1. The summed E-state index contributed by atoms with van der Waals surface area (Å²) in [5.41, 5.74) is 0. The molecular formula is C14H18N2O3. The summed E-state index contributed by atoms with van der Waals surface area (Å²) < 4.78 is 0. The van der Waals surface area contributed by atoms with Crippen LogP contribution in [0.4, 0.5) is 0 Å². The maximum atomic E-state index is 12.4. The van der Waals surface area contributed by atoms with Gasteiger partial charge in [0, 0.05) is 14.1 Å². The summed E-state index contributed by atoms with van der Waals surface area (Å²) in [7, 11) is 3.26. The van der Waals surface area contributed by atoms with E-state index >= 15 is 0 Å². The van der Waals surface area contributed by atoms with Crippen LogP contribution in [-0.4, -0.2) is 48.2 Å². The maximum Gasteiger partial charge on any atom is 0.242 e. The van der Waals surface area contributed by atoms with Gasteiger partial charge < -0.3 is 4.90 Å². The van der Waals surface area contributed by atoms with Crippen LogP contribution in [-0.2, 0) is 14.4 Å². The van der Waals surface area contributed by atoms with Crippen LogP contribution in [0, 0.1) is 23.7 Å². The Kier molecular flexibility index (Phi) is 2.73. The summed E-state index contributed by atoms with van der Waals surface area (Å²) in [6.07, 6.45) is 6.13. The number of rotatable bonds is 2. The summed E-state index contributed by atoms with van der Waals surface area (Å²) in [6.45, 7) is -0.114. The molecular weight excluding hydrogens is 244 g/mol.